The first kappa shape index (κ1) is 14.0. The minimum Gasteiger partial charge on any atom is -0.314 e. The molecule has 0 spiro atoms. The van der Waals surface area contributed by atoms with Gasteiger partial charge in [0.2, 0.25) is 5.91 Å². The molecule has 1 saturated heterocycles. The molecular formula is C14H22N4OS. The number of rotatable bonds is 3. The molecule has 1 atom stereocenters. The summed E-state index contributed by atoms with van der Waals surface area (Å²) in [6.45, 7) is 5.47. The average Bonchev–Trinajstić information content (AvgIpc) is 2.83. The molecule has 2 aliphatic rings. The quantitative estimate of drug-likeness (QED) is 0.881. The second-order valence-corrected chi connectivity index (χ2v) is 6.75. The molecule has 0 saturated carbocycles. The maximum atomic E-state index is 12.1. The molecule has 0 aromatic carbocycles. The van der Waals surface area contributed by atoms with Gasteiger partial charge >= 0.3 is 0 Å². The maximum Gasteiger partial charge on any atom is 0.240 e. The Hall–Kier alpha value is -0.980. The summed E-state index contributed by atoms with van der Waals surface area (Å²) in [7, 11) is 0. The summed E-state index contributed by atoms with van der Waals surface area (Å²) in [5, 5.41) is 7.09. The smallest absolute Gasteiger partial charge is 0.240 e. The summed E-state index contributed by atoms with van der Waals surface area (Å²) in [6, 6.07) is 0.416. The van der Waals surface area contributed by atoms with Crippen molar-refractivity contribution in [2.75, 3.05) is 31.5 Å². The molecule has 2 heterocycles. The van der Waals surface area contributed by atoms with E-state index in [1.807, 2.05) is 0 Å². The standard InChI is InChI=1S/C14H22N4OS/c1-10-8-15-6-7-18(10)9-13(19)17-14-16-11-4-2-3-5-12(11)20-14/h10,15H,2-9H2,1H3,(H,16,17,19)/t10-/m1/s1. The van der Waals surface area contributed by atoms with Crippen molar-refractivity contribution in [3.8, 4) is 0 Å². The van der Waals surface area contributed by atoms with Gasteiger partial charge in [-0.05, 0) is 32.6 Å². The highest BCUT2D eigenvalue weighted by Gasteiger charge is 2.21. The highest BCUT2D eigenvalue weighted by atomic mass is 32.1. The first-order chi connectivity index (χ1) is 9.72. The molecule has 3 rings (SSSR count). The lowest BCUT2D eigenvalue weighted by molar-refractivity contribution is -0.118. The van der Waals surface area contributed by atoms with Crippen molar-refractivity contribution in [2.24, 2.45) is 0 Å². The van der Waals surface area contributed by atoms with Gasteiger partial charge in [-0.15, -0.1) is 11.3 Å². The number of fused-ring (bicyclic) bond motifs is 1. The number of piperazine rings is 1. The van der Waals surface area contributed by atoms with Crippen molar-refractivity contribution in [1.29, 1.82) is 0 Å². The second-order valence-electron chi connectivity index (χ2n) is 5.67. The zero-order valence-electron chi connectivity index (χ0n) is 11.9. The second kappa shape index (κ2) is 6.20. The normalized spacial score (nSPS) is 23.4. The molecule has 1 aromatic heterocycles. The largest absolute Gasteiger partial charge is 0.314 e. The summed E-state index contributed by atoms with van der Waals surface area (Å²) >= 11 is 1.65. The van der Waals surface area contributed by atoms with Gasteiger partial charge < -0.3 is 10.6 Å². The number of hydrogen-bond acceptors (Lipinski definition) is 5. The lowest BCUT2D eigenvalue weighted by atomic mass is 10.0. The molecule has 6 heteroatoms. The molecule has 2 N–H and O–H groups in total. The van der Waals surface area contributed by atoms with Crippen LogP contribution in [0.1, 0.15) is 30.3 Å². The van der Waals surface area contributed by atoms with Gasteiger partial charge in [-0.1, -0.05) is 0 Å². The highest BCUT2D eigenvalue weighted by Crippen LogP contribution is 2.29. The topological polar surface area (TPSA) is 57.3 Å². The van der Waals surface area contributed by atoms with E-state index in [0.29, 0.717) is 12.6 Å². The maximum absolute atomic E-state index is 12.1. The molecule has 1 fully saturated rings. The van der Waals surface area contributed by atoms with E-state index in [9.17, 15) is 4.79 Å². The number of carbonyl (C=O) groups excluding carboxylic acids is 1. The fraction of sp³-hybridized carbons (Fsp3) is 0.714. The Morgan fingerprint density at radius 3 is 3.15 bits per heavy atom. The third kappa shape index (κ3) is 3.19. The van der Waals surface area contributed by atoms with Gasteiger partial charge in [0.1, 0.15) is 0 Å². The Bertz CT molecular complexity index is 464. The van der Waals surface area contributed by atoms with E-state index in [1.54, 1.807) is 11.3 Å². The molecule has 0 radical (unpaired) electrons. The number of anilines is 1. The van der Waals surface area contributed by atoms with Crippen LogP contribution in [0.25, 0.3) is 0 Å². The van der Waals surface area contributed by atoms with E-state index in [1.165, 1.54) is 23.4 Å². The van der Waals surface area contributed by atoms with Gasteiger partial charge in [0.25, 0.3) is 0 Å². The number of nitrogens with zero attached hydrogens (tertiary/aromatic N) is 2. The first-order valence-electron chi connectivity index (χ1n) is 7.45. The number of thiazole rings is 1. The van der Waals surface area contributed by atoms with Crippen LogP contribution in [0.5, 0.6) is 0 Å². The fourth-order valence-corrected chi connectivity index (χ4v) is 3.93. The van der Waals surface area contributed by atoms with Gasteiger partial charge in [0.05, 0.1) is 12.2 Å². The predicted molar refractivity (Wildman–Crippen MR) is 81.3 cm³/mol. The van der Waals surface area contributed by atoms with Crippen LogP contribution in [0.4, 0.5) is 5.13 Å². The summed E-state index contributed by atoms with van der Waals surface area (Å²) in [5.74, 6) is 0.0600. The molecule has 5 nitrogen and oxygen atoms in total. The van der Waals surface area contributed by atoms with Crippen molar-refractivity contribution in [3.05, 3.63) is 10.6 Å². The zero-order valence-corrected chi connectivity index (χ0v) is 12.8. The van der Waals surface area contributed by atoms with Crippen LogP contribution in [0.2, 0.25) is 0 Å². The van der Waals surface area contributed by atoms with Crippen LogP contribution in [0.15, 0.2) is 0 Å². The molecule has 1 amide bonds. The average molecular weight is 294 g/mol. The van der Waals surface area contributed by atoms with Gasteiger partial charge in [-0.2, -0.15) is 0 Å². The van der Waals surface area contributed by atoms with Crippen molar-refractivity contribution in [3.63, 3.8) is 0 Å². The van der Waals surface area contributed by atoms with E-state index in [0.717, 1.165) is 37.6 Å². The van der Waals surface area contributed by atoms with Crippen LogP contribution in [0.3, 0.4) is 0 Å². The number of carbonyl (C=O) groups is 1. The number of aromatic nitrogens is 1. The summed E-state index contributed by atoms with van der Waals surface area (Å²) < 4.78 is 0. The zero-order chi connectivity index (χ0) is 13.9. The Kier molecular flexibility index (Phi) is 4.33. The Morgan fingerprint density at radius 2 is 2.35 bits per heavy atom. The van der Waals surface area contributed by atoms with Crippen LogP contribution >= 0.6 is 11.3 Å². The number of amides is 1. The Balaban J connectivity index is 1.57. The molecule has 0 bridgehead atoms. The predicted octanol–water partition coefficient (Wildman–Crippen LogP) is 1.25. The number of nitrogens with one attached hydrogen (secondary N) is 2. The fourth-order valence-electron chi connectivity index (χ4n) is 2.87. The molecule has 1 aliphatic carbocycles. The van der Waals surface area contributed by atoms with E-state index in [2.05, 4.69) is 27.4 Å². The van der Waals surface area contributed by atoms with Crippen molar-refractivity contribution < 1.29 is 4.79 Å². The van der Waals surface area contributed by atoms with Gasteiger partial charge in [-0.3, -0.25) is 9.69 Å². The SMILES string of the molecule is C[C@@H]1CNCCN1CC(=O)Nc1nc2c(s1)CCCC2. The molecular weight excluding hydrogens is 272 g/mol. The third-order valence-electron chi connectivity index (χ3n) is 4.08. The van der Waals surface area contributed by atoms with E-state index >= 15 is 0 Å². The van der Waals surface area contributed by atoms with Crippen LogP contribution < -0.4 is 10.6 Å². The van der Waals surface area contributed by atoms with Gasteiger partial charge in [-0.25, -0.2) is 4.98 Å². The molecule has 1 aromatic rings. The third-order valence-corrected chi connectivity index (χ3v) is 5.15. The summed E-state index contributed by atoms with van der Waals surface area (Å²) in [6.07, 6.45) is 4.66. The van der Waals surface area contributed by atoms with Crippen LogP contribution in [0, 0.1) is 0 Å². The first-order valence-corrected chi connectivity index (χ1v) is 8.27. The van der Waals surface area contributed by atoms with E-state index < -0.39 is 0 Å². The van der Waals surface area contributed by atoms with E-state index in [-0.39, 0.29) is 5.91 Å². The van der Waals surface area contributed by atoms with Gasteiger partial charge in [0, 0.05) is 30.6 Å². The number of hydrogen-bond donors (Lipinski definition) is 2. The minimum atomic E-state index is 0.0600. The van der Waals surface area contributed by atoms with Crippen LogP contribution in [-0.4, -0.2) is 48.0 Å². The molecule has 0 unspecified atom stereocenters. The lowest BCUT2D eigenvalue weighted by Crippen LogP contribution is -2.51. The van der Waals surface area contributed by atoms with Crippen LogP contribution in [-0.2, 0) is 17.6 Å². The number of aryl methyl sites for hydroxylation is 2. The molecule has 1 aliphatic heterocycles. The summed E-state index contributed by atoms with van der Waals surface area (Å²) in [5.41, 5.74) is 1.20. The Morgan fingerprint density at radius 1 is 1.50 bits per heavy atom. The highest BCUT2D eigenvalue weighted by molar-refractivity contribution is 7.15. The van der Waals surface area contributed by atoms with E-state index in [4.69, 9.17) is 0 Å². The Labute approximate surface area is 123 Å². The van der Waals surface area contributed by atoms with Crippen molar-refractivity contribution in [1.82, 2.24) is 15.2 Å². The molecule has 110 valence electrons. The minimum absolute atomic E-state index is 0.0600. The lowest BCUT2D eigenvalue weighted by Gasteiger charge is -2.33. The molecule has 20 heavy (non-hydrogen) atoms. The summed E-state index contributed by atoms with van der Waals surface area (Å²) in [4.78, 5) is 20.3. The monoisotopic (exact) mass is 294 g/mol. The van der Waals surface area contributed by atoms with Crippen molar-refractivity contribution in [2.45, 2.75) is 38.6 Å². The van der Waals surface area contributed by atoms with Crippen molar-refractivity contribution >= 4 is 22.4 Å². The van der Waals surface area contributed by atoms with Gasteiger partial charge in [0.15, 0.2) is 5.13 Å².